The molecule has 0 aromatic heterocycles. The SMILES string of the molecule is CCOC(=O)/C=C/C=C/CC1C=CN(S(=O)(=O)c2ccc(OC)c(OC)c2)C1. The van der Waals surface area contributed by atoms with Crippen LogP contribution in [0.3, 0.4) is 0 Å². The number of carbonyl (C=O) groups excluding carboxylic acids is 1. The number of sulfonamides is 1. The van der Waals surface area contributed by atoms with Crippen LogP contribution in [0.1, 0.15) is 13.3 Å². The molecule has 0 spiro atoms. The highest BCUT2D eigenvalue weighted by Gasteiger charge is 2.28. The quantitative estimate of drug-likeness (QED) is 0.356. The topological polar surface area (TPSA) is 82.1 Å². The fourth-order valence-electron chi connectivity index (χ4n) is 2.67. The van der Waals surface area contributed by atoms with Gasteiger partial charge in [0.1, 0.15) is 0 Å². The lowest BCUT2D eigenvalue weighted by Crippen LogP contribution is -2.26. The molecular formula is C20H25NO6S. The molecule has 0 saturated heterocycles. The molecule has 0 fully saturated rings. The number of nitrogens with zero attached hydrogens (tertiary/aromatic N) is 1. The number of allylic oxidation sites excluding steroid dienone is 3. The van der Waals surface area contributed by atoms with E-state index in [9.17, 15) is 13.2 Å². The molecule has 0 amide bonds. The van der Waals surface area contributed by atoms with Gasteiger partial charge < -0.3 is 14.2 Å². The number of carbonyl (C=O) groups is 1. The molecule has 0 N–H and O–H groups in total. The van der Waals surface area contributed by atoms with Crippen molar-refractivity contribution in [2.24, 2.45) is 5.92 Å². The molecule has 0 saturated carbocycles. The van der Waals surface area contributed by atoms with Gasteiger partial charge in [-0.05, 0) is 25.5 Å². The van der Waals surface area contributed by atoms with E-state index >= 15 is 0 Å². The molecule has 152 valence electrons. The minimum atomic E-state index is -3.67. The summed E-state index contributed by atoms with van der Waals surface area (Å²) >= 11 is 0. The summed E-state index contributed by atoms with van der Waals surface area (Å²) in [5.74, 6) is 0.499. The molecule has 28 heavy (non-hydrogen) atoms. The standard InChI is InChI=1S/C20H25NO6S/c1-4-27-20(22)9-7-5-6-8-16-12-13-21(15-16)28(23,24)17-10-11-18(25-2)19(14-17)26-3/h5-7,9-14,16H,4,8,15H2,1-3H3/b6-5+,9-7+. The number of hydrogen-bond acceptors (Lipinski definition) is 6. The molecule has 1 aromatic carbocycles. The normalized spacial score (nSPS) is 16.8. The van der Waals surface area contributed by atoms with Crippen molar-refractivity contribution in [1.29, 1.82) is 0 Å². The molecule has 1 atom stereocenters. The van der Waals surface area contributed by atoms with E-state index in [2.05, 4.69) is 0 Å². The number of ether oxygens (including phenoxy) is 3. The number of esters is 1. The van der Waals surface area contributed by atoms with E-state index in [1.807, 2.05) is 12.2 Å². The molecule has 7 nitrogen and oxygen atoms in total. The van der Waals surface area contributed by atoms with Crippen LogP contribution in [0.25, 0.3) is 0 Å². The Morgan fingerprint density at radius 3 is 2.64 bits per heavy atom. The van der Waals surface area contributed by atoms with Gasteiger partial charge in [-0.1, -0.05) is 24.3 Å². The Kier molecular flexibility index (Phi) is 7.69. The molecule has 2 rings (SSSR count). The second-order valence-electron chi connectivity index (χ2n) is 5.97. The Balaban J connectivity index is 1.97. The molecule has 1 unspecified atom stereocenters. The Hall–Kier alpha value is -2.74. The lowest BCUT2D eigenvalue weighted by Gasteiger charge is -2.19. The van der Waals surface area contributed by atoms with Crippen molar-refractivity contribution >= 4 is 16.0 Å². The zero-order valence-corrected chi connectivity index (χ0v) is 17.0. The van der Waals surface area contributed by atoms with Crippen molar-refractivity contribution in [3.63, 3.8) is 0 Å². The average Bonchev–Trinajstić information content (AvgIpc) is 3.17. The molecule has 0 aliphatic carbocycles. The summed E-state index contributed by atoms with van der Waals surface area (Å²) in [6, 6.07) is 4.52. The van der Waals surface area contributed by atoms with Crippen LogP contribution in [0.5, 0.6) is 11.5 Å². The van der Waals surface area contributed by atoms with Gasteiger partial charge >= 0.3 is 5.97 Å². The largest absolute Gasteiger partial charge is 0.493 e. The van der Waals surface area contributed by atoms with Gasteiger partial charge in [0.05, 0.1) is 25.7 Å². The lowest BCUT2D eigenvalue weighted by atomic mass is 10.1. The molecule has 0 bridgehead atoms. The second kappa shape index (κ2) is 9.98. The minimum Gasteiger partial charge on any atom is -0.493 e. The summed E-state index contributed by atoms with van der Waals surface area (Å²) in [5, 5.41) is 0. The third-order valence-electron chi connectivity index (χ3n) is 4.11. The third kappa shape index (κ3) is 5.39. The predicted molar refractivity (Wildman–Crippen MR) is 106 cm³/mol. The van der Waals surface area contributed by atoms with Gasteiger partial charge in [-0.15, -0.1) is 0 Å². The van der Waals surface area contributed by atoms with Gasteiger partial charge in [0.2, 0.25) is 0 Å². The van der Waals surface area contributed by atoms with E-state index in [0.29, 0.717) is 31.1 Å². The van der Waals surface area contributed by atoms with Gasteiger partial charge in [0, 0.05) is 30.8 Å². The highest BCUT2D eigenvalue weighted by molar-refractivity contribution is 7.89. The Morgan fingerprint density at radius 2 is 1.96 bits per heavy atom. The minimum absolute atomic E-state index is 0.0576. The zero-order valence-electron chi connectivity index (χ0n) is 16.2. The van der Waals surface area contributed by atoms with Crippen LogP contribution < -0.4 is 9.47 Å². The lowest BCUT2D eigenvalue weighted by molar-refractivity contribution is -0.137. The Bertz CT molecular complexity index is 873. The first-order valence-electron chi connectivity index (χ1n) is 8.84. The molecule has 0 radical (unpaired) electrons. The van der Waals surface area contributed by atoms with Crippen LogP contribution >= 0.6 is 0 Å². The zero-order chi connectivity index (χ0) is 20.6. The van der Waals surface area contributed by atoms with Gasteiger partial charge in [-0.2, -0.15) is 0 Å². The molecule has 1 heterocycles. The maximum Gasteiger partial charge on any atom is 0.330 e. The average molecular weight is 407 g/mol. The van der Waals surface area contributed by atoms with E-state index in [0.717, 1.165) is 0 Å². The van der Waals surface area contributed by atoms with Crippen LogP contribution in [-0.2, 0) is 19.6 Å². The second-order valence-corrected chi connectivity index (χ2v) is 7.86. The summed E-state index contributed by atoms with van der Waals surface area (Å²) in [7, 11) is -0.714. The van der Waals surface area contributed by atoms with Gasteiger partial charge in [0.25, 0.3) is 10.0 Å². The van der Waals surface area contributed by atoms with E-state index < -0.39 is 10.0 Å². The third-order valence-corrected chi connectivity index (χ3v) is 5.84. The van der Waals surface area contributed by atoms with Crippen LogP contribution in [0.4, 0.5) is 0 Å². The van der Waals surface area contributed by atoms with Crippen molar-refractivity contribution in [1.82, 2.24) is 4.31 Å². The van der Waals surface area contributed by atoms with Gasteiger partial charge in [-0.25, -0.2) is 13.2 Å². The maximum atomic E-state index is 12.9. The van der Waals surface area contributed by atoms with Crippen molar-refractivity contribution in [3.05, 3.63) is 54.8 Å². The molecule has 1 aromatic rings. The Labute approximate surface area is 165 Å². The van der Waals surface area contributed by atoms with Crippen LogP contribution in [-0.4, -0.2) is 46.1 Å². The monoisotopic (exact) mass is 407 g/mol. The summed E-state index contributed by atoms with van der Waals surface area (Å²) in [4.78, 5) is 11.3. The van der Waals surface area contributed by atoms with Crippen LogP contribution in [0.2, 0.25) is 0 Å². The summed E-state index contributed by atoms with van der Waals surface area (Å²) in [5.41, 5.74) is 0. The number of benzene rings is 1. The van der Waals surface area contributed by atoms with Crippen molar-refractivity contribution in [2.75, 3.05) is 27.4 Å². The molecule has 8 heteroatoms. The van der Waals surface area contributed by atoms with E-state index in [1.54, 1.807) is 31.3 Å². The smallest absolute Gasteiger partial charge is 0.330 e. The highest BCUT2D eigenvalue weighted by Crippen LogP contribution is 2.32. The van der Waals surface area contributed by atoms with E-state index in [4.69, 9.17) is 14.2 Å². The van der Waals surface area contributed by atoms with E-state index in [1.165, 1.54) is 36.7 Å². The van der Waals surface area contributed by atoms with E-state index in [-0.39, 0.29) is 16.8 Å². The first kappa shape index (κ1) is 21.6. The Morgan fingerprint density at radius 1 is 1.21 bits per heavy atom. The maximum absolute atomic E-state index is 12.9. The predicted octanol–water partition coefficient (Wildman–Crippen LogP) is 2.90. The van der Waals surface area contributed by atoms with Crippen LogP contribution in [0.15, 0.2) is 59.7 Å². The molecule has 1 aliphatic rings. The van der Waals surface area contributed by atoms with Gasteiger partial charge in [0.15, 0.2) is 11.5 Å². The van der Waals surface area contributed by atoms with Crippen molar-refractivity contribution < 1.29 is 27.4 Å². The number of methoxy groups -OCH3 is 2. The van der Waals surface area contributed by atoms with Crippen molar-refractivity contribution in [3.8, 4) is 11.5 Å². The number of hydrogen-bond donors (Lipinski definition) is 0. The summed E-state index contributed by atoms with van der Waals surface area (Å²) in [6.07, 6.45) is 10.7. The first-order chi connectivity index (χ1) is 13.4. The van der Waals surface area contributed by atoms with Crippen LogP contribution in [0, 0.1) is 5.92 Å². The van der Waals surface area contributed by atoms with Crippen molar-refractivity contribution in [2.45, 2.75) is 18.2 Å². The first-order valence-corrected chi connectivity index (χ1v) is 10.3. The number of rotatable bonds is 9. The summed E-state index contributed by atoms with van der Waals surface area (Å²) in [6.45, 7) is 2.43. The fraction of sp³-hybridized carbons (Fsp3) is 0.350. The molecular weight excluding hydrogens is 382 g/mol. The summed E-state index contributed by atoms with van der Waals surface area (Å²) < 4.78 is 42.2. The molecule has 1 aliphatic heterocycles. The van der Waals surface area contributed by atoms with Gasteiger partial charge in [-0.3, -0.25) is 4.31 Å². The highest BCUT2D eigenvalue weighted by atomic mass is 32.2. The fourth-order valence-corrected chi connectivity index (χ4v) is 4.06.